The molecule has 0 spiro atoms. The van der Waals surface area contributed by atoms with Crippen LogP contribution in [0.4, 0.5) is 5.69 Å². The molecule has 1 fully saturated rings. The van der Waals surface area contributed by atoms with Gasteiger partial charge in [0.1, 0.15) is 5.75 Å². The molecule has 4 heteroatoms. The van der Waals surface area contributed by atoms with Gasteiger partial charge in [-0.3, -0.25) is 0 Å². The highest BCUT2D eigenvalue weighted by atomic mass is 16.5. The number of rotatable bonds is 4. The largest absolute Gasteiger partial charge is 0.495 e. The summed E-state index contributed by atoms with van der Waals surface area (Å²) in [6.45, 7) is 4.77. The van der Waals surface area contributed by atoms with E-state index in [1.165, 1.54) is 0 Å². The lowest BCUT2D eigenvalue weighted by Crippen LogP contribution is -2.33. The van der Waals surface area contributed by atoms with Crippen LogP contribution in [0.25, 0.3) is 0 Å². The summed E-state index contributed by atoms with van der Waals surface area (Å²) >= 11 is 0. The minimum atomic E-state index is 0.266. The summed E-state index contributed by atoms with van der Waals surface area (Å²) in [7, 11) is 1.62. The Hall–Kier alpha value is -1.26. The van der Waals surface area contributed by atoms with Crippen LogP contribution in [0.2, 0.25) is 0 Å². The fourth-order valence-electron chi connectivity index (χ4n) is 2.57. The molecule has 0 aliphatic carbocycles. The van der Waals surface area contributed by atoms with E-state index in [1.54, 1.807) is 7.11 Å². The third-order valence-electron chi connectivity index (χ3n) is 3.43. The minimum Gasteiger partial charge on any atom is -0.495 e. The lowest BCUT2D eigenvalue weighted by molar-refractivity contribution is -0.106. The Labute approximate surface area is 114 Å². The summed E-state index contributed by atoms with van der Waals surface area (Å²) < 4.78 is 16.8. The lowest BCUT2D eigenvalue weighted by Gasteiger charge is -2.32. The molecule has 1 aliphatic heterocycles. The SMILES string of the molecule is COc1ccc(COC2CC(C)OC(C)C2)cc1N. The number of nitrogens with two attached hydrogens (primary N) is 1. The van der Waals surface area contributed by atoms with Crippen molar-refractivity contribution in [2.75, 3.05) is 12.8 Å². The normalized spacial score (nSPS) is 27.2. The maximum Gasteiger partial charge on any atom is 0.141 e. The summed E-state index contributed by atoms with van der Waals surface area (Å²) in [6, 6.07) is 5.77. The van der Waals surface area contributed by atoms with Gasteiger partial charge in [-0.15, -0.1) is 0 Å². The van der Waals surface area contributed by atoms with Gasteiger partial charge in [-0.1, -0.05) is 6.07 Å². The van der Waals surface area contributed by atoms with Crippen molar-refractivity contribution >= 4 is 5.69 Å². The van der Waals surface area contributed by atoms with Crippen LogP contribution in [0.3, 0.4) is 0 Å². The molecule has 1 aromatic carbocycles. The maximum atomic E-state index is 5.96. The van der Waals surface area contributed by atoms with Crippen molar-refractivity contribution in [3.05, 3.63) is 23.8 Å². The number of methoxy groups -OCH3 is 1. The minimum absolute atomic E-state index is 0.266. The standard InChI is InChI=1S/C15H23NO3/c1-10-6-13(7-11(2)19-10)18-9-12-4-5-15(17-3)14(16)8-12/h4-5,8,10-11,13H,6-7,9,16H2,1-3H3. The van der Waals surface area contributed by atoms with Crippen molar-refractivity contribution in [3.63, 3.8) is 0 Å². The Balaban J connectivity index is 1.89. The molecule has 0 radical (unpaired) electrons. The van der Waals surface area contributed by atoms with Crippen LogP contribution in [-0.4, -0.2) is 25.4 Å². The average Bonchev–Trinajstić information content (AvgIpc) is 2.35. The van der Waals surface area contributed by atoms with Gasteiger partial charge in [-0.05, 0) is 44.4 Å². The molecule has 1 heterocycles. The molecule has 0 aromatic heterocycles. The molecular formula is C15H23NO3. The van der Waals surface area contributed by atoms with Gasteiger partial charge in [-0.2, -0.15) is 0 Å². The predicted molar refractivity (Wildman–Crippen MR) is 75.2 cm³/mol. The van der Waals surface area contributed by atoms with Crippen LogP contribution in [0.1, 0.15) is 32.3 Å². The fraction of sp³-hybridized carbons (Fsp3) is 0.600. The van der Waals surface area contributed by atoms with E-state index < -0.39 is 0 Å². The van der Waals surface area contributed by atoms with Crippen molar-refractivity contribution < 1.29 is 14.2 Å². The average molecular weight is 265 g/mol. The first-order chi connectivity index (χ1) is 9.08. The smallest absolute Gasteiger partial charge is 0.141 e. The number of anilines is 1. The molecule has 2 rings (SSSR count). The van der Waals surface area contributed by atoms with Gasteiger partial charge in [0.05, 0.1) is 37.7 Å². The van der Waals surface area contributed by atoms with Crippen LogP contribution in [0, 0.1) is 0 Å². The molecular weight excluding hydrogens is 242 g/mol. The zero-order valence-electron chi connectivity index (χ0n) is 11.9. The summed E-state index contributed by atoms with van der Waals surface area (Å²) in [5.41, 5.74) is 7.61. The topological polar surface area (TPSA) is 53.7 Å². The molecule has 1 aromatic rings. The number of hydrogen-bond acceptors (Lipinski definition) is 4. The first-order valence-corrected chi connectivity index (χ1v) is 6.78. The van der Waals surface area contributed by atoms with Gasteiger partial charge in [0.25, 0.3) is 0 Å². The van der Waals surface area contributed by atoms with E-state index in [2.05, 4.69) is 13.8 Å². The number of nitrogen functional groups attached to an aromatic ring is 1. The van der Waals surface area contributed by atoms with E-state index in [0.717, 1.165) is 18.4 Å². The second-order valence-corrected chi connectivity index (χ2v) is 5.24. The Kier molecular flexibility index (Phi) is 4.66. The zero-order valence-corrected chi connectivity index (χ0v) is 11.9. The molecule has 0 bridgehead atoms. The molecule has 2 atom stereocenters. The summed E-state index contributed by atoms with van der Waals surface area (Å²) in [5, 5.41) is 0. The van der Waals surface area contributed by atoms with E-state index >= 15 is 0 Å². The molecule has 2 unspecified atom stereocenters. The van der Waals surface area contributed by atoms with E-state index in [1.807, 2.05) is 18.2 Å². The third-order valence-corrected chi connectivity index (χ3v) is 3.43. The molecule has 2 N–H and O–H groups in total. The first-order valence-electron chi connectivity index (χ1n) is 6.78. The maximum absolute atomic E-state index is 5.96. The van der Waals surface area contributed by atoms with Crippen LogP contribution in [0.5, 0.6) is 5.75 Å². The van der Waals surface area contributed by atoms with E-state index in [9.17, 15) is 0 Å². The van der Waals surface area contributed by atoms with Gasteiger partial charge in [0.2, 0.25) is 0 Å². The third kappa shape index (κ3) is 3.85. The first kappa shape index (κ1) is 14.2. The van der Waals surface area contributed by atoms with Crippen molar-refractivity contribution in [3.8, 4) is 5.75 Å². The van der Waals surface area contributed by atoms with Crippen LogP contribution in [0.15, 0.2) is 18.2 Å². The molecule has 4 nitrogen and oxygen atoms in total. The number of ether oxygens (including phenoxy) is 3. The molecule has 106 valence electrons. The van der Waals surface area contributed by atoms with Crippen LogP contribution < -0.4 is 10.5 Å². The van der Waals surface area contributed by atoms with Crippen LogP contribution in [-0.2, 0) is 16.1 Å². The fourth-order valence-corrected chi connectivity index (χ4v) is 2.57. The van der Waals surface area contributed by atoms with E-state index in [0.29, 0.717) is 18.0 Å². The molecule has 1 aliphatic rings. The van der Waals surface area contributed by atoms with Crippen LogP contribution >= 0.6 is 0 Å². The Morgan fingerprint density at radius 1 is 1.26 bits per heavy atom. The van der Waals surface area contributed by atoms with Crippen molar-refractivity contribution in [2.24, 2.45) is 0 Å². The van der Waals surface area contributed by atoms with Gasteiger partial charge in [0.15, 0.2) is 0 Å². The highest BCUT2D eigenvalue weighted by Crippen LogP contribution is 2.25. The van der Waals surface area contributed by atoms with Crippen molar-refractivity contribution in [1.29, 1.82) is 0 Å². The van der Waals surface area contributed by atoms with Gasteiger partial charge < -0.3 is 19.9 Å². The molecule has 1 saturated heterocycles. The Bertz CT molecular complexity index is 412. The van der Waals surface area contributed by atoms with E-state index in [4.69, 9.17) is 19.9 Å². The molecule has 0 amide bonds. The van der Waals surface area contributed by atoms with Gasteiger partial charge in [-0.25, -0.2) is 0 Å². The predicted octanol–water partition coefficient (Wildman–Crippen LogP) is 2.75. The Morgan fingerprint density at radius 2 is 1.95 bits per heavy atom. The zero-order chi connectivity index (χ0) is 13.8. The summed E-state index contributed by atoms with van der Waals surface area (Å²) in [5.74, 6) is 0.706. The number of benzene rings is 1. The second kappa shape index (κ2) is 6.26. The molecule has 0 saturated carbocycles. The lowest BCUT2D eigenvalue weighted by atomic mass is 10.0. The van der Waals surface area contributed by atoms with Gasteiger partial charge >= 0.3 is 0 Å². The number of hydrogen-bond donors (Lipinski definition) is 1. The van der Waals surface area contributed by atoms with E-state index in [-0.39, 0.29) is 18.3 Å². The van der Waals surface area contributed by atoms with Gasteiger partial charge in [0, 0.05) is 0 Å². The monoisotopic (exact) mass is 265 g/mol. The second-order valence-electron chi connectivity index (χ2n) is 5.24. The summed E-state index contributed by atoms with van der Waals surface area (Å²) in [4.78, 5) is 0. The quantitative estimate of drug-likeness (QED) is 0.850. The summed E-state index contributed by atoms with van der Waals surface area (Å²) in [6.07, 6.45) is 2.72. The Morgan fingerprint density at radius 3 is 2.53 bits per heavy atom. The highest BCUT2D eigenvalue weighted by molar-refractivity contribution is 5.54. The van der Waals surface area contributed by atoms with Crippen molar-refractivity contribution in [2.45, 2.75) is 51.6 Å². The van der Waals surface area contributed by atoms with Crippen molar-refractivity contribution in [1.82, 2.24) is 0 Å². The highest BCUT2D eigenvalue weighted by Gasteiger charge is 2.24. The molecule has 19 heavy (non-hydrogen) atoms.